The molecule has 1 fully saturated rings. The highest BCUT2D eigenvalue weighted by Gasteiger charge is 2.30. The standard InChI is InChI=1S/C14H22O/c1-10(2)12-5-6-13-7-11(9-15)3-4-14(13)8-12/h7,9-12,14H,3-6,8H2,1-2H3. The van der Waals surface area contributed by atoms with E-state index in [0.717, 1.165) is 30.5 Å². The van der Waals surface area contributed by atoms with E-state index in [1.165, 1.54) is 25.7 Å². The molecule has 0 aromatic heterocycles. The van der Waals surface area contributed by atoms with Crippen LogP contribution in [0.1, 0.15) is 46.0 Å². The second-order valence-corrected chi connectivity index (χ2v) is 5.59. The molecule has 1 heteroatoms. The van der Waals surface area contributed by atoms with Crippen molar-refractivity contribution in [1.82, 2.24) is 0 Å². The average Bonchev–Trinajstić information content (AvgIpc) is 2.27. The predicted molar refractivity (Wildman–Crippen MR) is 62.5 cm³/mol. The Kier molecular flexibility index (Phi) is 3.28. The van der Waals surface area contributed by atoms with Crippen LogP contribution in [0.15, 0.2) is 11.6 Å². The summed E-state index contributed by atoms with van der Waals surface area (Å²) in [6, 6.07) is 0. The van der Waals surface area contributed by atoms with Crippen molar-refractivity contribution in [2.75, 3.05) is 0 Å². The Morgan fingerprint density at radius 3 is 2.80 bits per heavy atom. The number of allylic oxidation sites excluding steroid dienone is 2. The van der Waals surface area contributed by atoms with Gasteiger partial charge in [-0.2, -0.15) is 0 Å². The fourth-order valence-corrected chi connectivity index (χ4v) is 3.18. The summed E-state index contributed by atoms with van der Waals surface area (Å²) in [6.45, 7) is 4.69. The molecule has 0 radical (unpaired) electrons. The van der Waals surface area contributed by atoms with Crippen molar-refractivity contribution in [3.05, 3.63) is 11.6 Å². The maximum atomic E-state index is 10.8. The van der Waals surface area contributed by atoms with E-state index >= 15 is 0 Å². The summed E-state index contributed by atoms with van der Waals surface area (Å²) in [5.74, 6) is 2.78. The second kappa shape index (κ2) is 4.51. The van der Waals surface area contributed by atoms with Crippen molar-refractivity contribution in [3.63, 3.8) is 0 Å². The molecule has 84 valence electrons. The van der Waals surface area contributed by atoms with Gasteiger partial charge in [-0.3, -0.25) is 0 Å². The van der Waals surface area contributed by atoms with Crippen LogP contribution in [-0.4, -0.2) is 6.29 Å². The lowest BCUT2D eigenvalue weighted by Crippen LogP contribution is -2.25. The van der Waals surface area contributed by atoms with Crippen LogP contribution in [0.4, 0.5) is 0 Å². The minimum atomic E-state index is 0.229. The monoisotopic (exact) mass is 206 g/mol. The molecule has 0 heterocycles. The molecule has 0 saturated heterocycles. The molecule has 0 aliphatic heterocycles. The number of carbonyl (C=O) groups is 1. The lowest BCUT2D eigenvalue weighted by atomic mass is 9.69. The van der Waals surface area contributed by atoms with Crippen molar-refractivity contribution in [3.8, 4) is 0 Å². The molecule has 1 nitrogen and oxygen atoms in total. The minimum absolute atomic E-state index is 0.229. The van der Waals surface area contributed by atoms with Crippen molar-refractivity contribution >= 4 is 6.29 Å². The fraction of sp³-hybridized carbons (Fsp3) is 0.786. The first-order chi connectivity index (χ1) is 7.20. The molecule has 0 bridgehead atoms. The Morgan fingerprint density at radius 2 is 2.13 bits per heavy atom. The Morgan fingerprint density at radius 1 is 1.33 bits per heavy atom. The lowest BCUT2D eigenvalue weighted by Gasteiger charge is -2.37. The zero-order valence-corrected chi connectivity index (χ0v) is 9.91. The molecule has 0 N–H and O–H groups in total. The van der Waals surface area contributed by atoms with Crippen LogP contribution in [-0.2, 0) is 4.79 Å². The quantitative estimate of drug-likeness (QED) is 0.498. The van der Waals surface area contributed by atoms with Gasteiger partial charge in [0.1, 0.15) is 6.29 Å². The fourth-order valence-electron chi connectivity index (χ4n) is 3.18. The summed E-state index contributed by atoms with van der Waals surface area (Å²) in [7, 11) is 0. The van der Waals surface area contributed by atoms with Crippen LogP contribution in [0.5, 0.6) is 0 Å². The van der Waals surface area contributed by atoms with Crippen LogP contribution in [0.2, 0.25) is 0 Å². The van der Waals surface area contributed by atoms with Gasteiger partial charge in [-0.15, -0.1) is 0 Å². The molecule has 0 aromatic carbocycles. The highest BCUT2D eigenvalue weighted by Crippen LogP contribution is 2.42. The molecular formula is C14H22O. The van der Waals surface area contributed by atoms with E-state index in [1.54, 1.807) is 5.57 Å². The topological polar surface area (TPSA) is 17.1 Å². The molecule has 0 spiro atoms. The van der Waals surface area contributed by atoms with Crippen molar-refractivity contribution in [2.45, 2.75) is 46.0 Å². The number of hydrogen-bond donors (Lipinski definition) is 0. The SMILES string of the molecule is CC(C)C1CCC2=CC(C=O)CCC2C1. The van der Waals surface area contributed by atoms with Crippen LogP contribution >= 0.6 is 0 Å². The molecule has 2 aliphatic carbocycles. The van der Waals surface area contributed by atoms with E-state index in [2.05, 4.69) is 19.9 Å². The summed E-state index contributed by atoms with van der Waals surface area (Å²) in [5, 5.41) is 0. The number of aldehydes is 1. The zero-order valence-electron chi connectivity index (χ0n) is 9.91. The normalized spacial score (nSPS) is 35.9. The third-order valence-corrected chi connectivity index (χ3v) is 4.31. The van der Waals surface area contributed by atoms with E-state index in [-0.39, 0.29) is 5.92 Å². The summed E-state index contributed by atoms with van der Waals surface area (Å²) in [6.07, 6.45) is 9.68. The summed E-state index contributed by atoms with van der Waals surface area (Å²) >= 11 is 0. The number of carbonyl (C=O) groups excluding carboxylic acids is 1. The van der Waals surface area contributed by atoms with Gasteiger partial charge in [-0.05, 0) is 49.9 Å². The van der Waals surface area contributed by atoms with Gasteiger partial charge in [0, 0.05) is 5.92 Å². The maximum absolute atomic E-state index is 10.8. The zero-order chi connectivity index (χ0) is 10.8. The molecule has 0 aromatic rings. The van der Waals surface area contributed by atoms with E-state index < -0.39 is 0 Å². The molecule has 3 unspecified atom stereocenters. The second-order valence-electron chi connectivity index (χ2n) is 5.59. The Labute approximate surface area is 92.9 Å². The van der Waals surface area contributed by atoms with E-state index in [0.29, 0.717) is 0 Å². The first-order valence-corrected chi connectivity index (χ1v) is 6.36. The van der Waals surface area contributed by atoms with Crippen molar-refractivity contribution < 1.29 is 4.79 Å². The highest BCUT2D eigenvalue weighted by atomic mass is 16.1. The third kappa shape index (κ3) is 2.32. The van der Waals surface area contributed by atoms with Gasteiger partial charge in [0.15, 0.2) is 0 Å². The van der Waals surface area contributed by atoms with Crippen molar-refractivity contribution in [1.29, 1.82) is 0 Å². The lowest BCUT2D eigenvalue weighted by molar-refractivity contribution is -0.110. The van der Waals surface area contributed by atoms with Gasteiger partial charge in [0.25, 0.3) is 0 Å². The summed E-state index contributed by atoms with van der Waals surface area (Å²) in [4.78, 5) is 10.8. The first-order valence-electron chi connectivity index (χ1n) is 6.36. The molecule has 3 atom stereocenters. The van der Waals surface area contributed by atoms with Gasteiger partial charge in [0.2, 0.25) is 0 Å². The van der Waals surface area contributed by atoms with E-state index in [4.69, 9.17) is 0 Å². The molecule has 1 saturated carbocycles. The van der Waals surface area contributed by atoms with Gasteiger partial charge >= 0.3 is 0 Å². The van der Waals surface area contributed by atoms with Crippen LogP contribution in [0, 0.1) is 23.7 Å². The van der Waals surface area contributed by atoms with Crippen LogP contribution in [0.3, 0.4) is 0 Å². The Balaban J connectivity index is 2.03. The Hall–Kier alpha value is -0.590. The van der Waals surface area contributed by atoms with Gasteiger partial charge in [0.05, 0.1) is 0 Å². The van der Waals surface area contributed by atoms with Crippen LogP contribution in [0.25, 0.3) is 0 Å². The molecule has 15 heavy (non-hydrogen) atoms. The number of rotatable bonds is 2. The predicted octanol–water partition coefficient (Wildman–Crippen LogP) is 3.59. The van der Waals surface area contributed by atoms with Gasteiger partial charge in [-0.1, -0.05) is 25.5 Å². The smallest absolute Gasteiger partial charge is 0.126 e. The van der Waals surface area contributed by atoms with E-state index in [1.807, 2.05) is 0 Å². The molecular weight excluding hydrogens is 184 g/mol. The maximum Gasteiger partial charge on any atom is 0.126 e. The average molecular weight is 206 g/mol. The van der Waals surface area contributed by atoms with E-state index in [9.17, 15) is 4.79 Å². The number of fused-ring (bicyclic) bond motifs is 1. The molecule has 2 rings (SSSR count). The van der Waals surface area contributed by atoms with Gasteiger partial charge in [-0.25, -0.2) is 0 Å². The van der Waals surface area contributed by atoms with Crippen molar-refractivity contribution in [2.24, 2.45) is 23.7 Å². The van der Waals surface area contributed by atoms with Crippen LogP contribution < -0.4 is 0 Å². The summed E-state index contributed by atoms with van der Waals surface area (Å²) < 4.78 is 0. The first kappa shape index (κ1) is 10.9. The minimum Gasteiger partial charge on any atom is -0.303 e. The highest BCUT2D eigenvalue weighted by molar-refractivity contribution is 5.57. The Bertz CT molecular complexity index is 265. The number of hydrogen-bond acceptors (Lipinski definition) is 1. The third-order valence-electron chi connectivity index (χ3n) is 4.31. The molecule has 0 amide bonds. The van der Waals surface area contributed by atoms with Gasteiger partial charge < -0.3 is 4.79 Å². The summed E-state index contributed by atoms with van der Waals surface area (Å²) in [5.41, 5.74) is 1.59. The molecule has 2 aliphatic rings. The largest absolute Gasteiger partial charge is 0.303 e.